The summed E-state index contributed by atoms with van der Waals surface area (Å²) in [6.07, 6.45) is 1.17. The molecule has 1 aliphatic rings. The lowest BCUT2D eigenvalue weighted by atomic mass is 10.3. The number of aromatic nitrogens is 1. The van der Waals surface area contributed by atoms with Crippen LogP contribution in [0, 0.1) is 0 Å². The second-order valence-electron chi connectivity index (χ2n) is 4.16. The van der Waals surface area contributed by atoms with Crippen LogP contribution in [0.3, 0.4) is 0 Å². The molecule has 1 amide bonds. The molecule has 0 bridgehead atoms. The number of aromatic carboxylic acids is 1. The Balaban J connectivity index is 1.88. The van der Waals surface area contributed by atoms with Gasteiger partial charge in [-0.05, 0) is 0 Å². The Morgan fingerprint density at radius 1 is 1.45 bits per heavy atom. The van der Waals surface area contributed by atoms with E-state index < -0.39 is 5.97 Å². The Morgan fingerprint density at radius 3 is 2.70 bits per heavy atom. The van der Waals surface area contributed by atoms with E-state index in [4.69, 9.17) is 9.84 Å². The van der Waals surface area contributed by atoms with Gasteiger partial charge in [0.2, 0.25) is 0 Å². The van der Waals surface area contributed by atoms with E-state index in [1.54, 1.807) is 4.90 Å². The van der Waals surface area contributed by atoms with Crippen LogP contribution in [0.1, 0.15) is 10.5 Å². The van der Waals surface area contributed by atoms with E-state index in [1.807, 2.05) is 4.90 Å². The Bertz CT molecular complexity index is 509. The third-order valence-electron chi connectivity index (χ3n) is 2.84. The fraction of sp³-hybridized carbons (Fsp3) is 0.417. The average molecular weight is 297 g/mol. The minimum Gasteiger partial charge on any atom is -0.476 e. The molecule has 1 saturated heterocycles. The molecule has 0 atom stereocenters. The van der Waals surface area contributed by atoms with Crippen molar-refractivity contribution in [3.63, 3.8) is 0 Å². The fourth-order valence-corrected chi connectivity index (χ4v) is 2.66. The highest BCUT2D eigenvalue weighted by molar-refractivity contribution is 7.13. The molecular formula is C12H15N3O4S. The number of carboxylic acids is 1. The number of carbonyl (C=O) groups excluding carboxylic acids is 1. The SMILES string of the molecule is C=CCOC(=O)N1CCN(c2nc(C(=O)O)cs2)CC1. The van der Waals surface area contributed by atoms with Gasteiger partial charge in [0, 0.05) is 31.6 Å². The van der Waals surface area contributed by atoms with Crippen LogP contribution in [0.4, 0.5) is 9.93 Å². The second kappa shape index (κ2) is 6.38. The number of rotatable bonds is 4. The maximum atomic E-state index is 11.6. The molecule has 8 heteroatoms. The first-order chi connectivity index (χ1) is 9.61. The highest BCUT2D eigenvalue weighted by Gasteiger charge is 2.24. The summed E-state index contributed by atoms with van der Waals surface area (Å²) in [5.41, 5.74) is 0.0535. The van der Waals surface area contributed by atoms with Crippen LogP contribution in [-0.2, 0) is 4.74 Å². The third kappa shape index (κ3) is 3.27. The van der Waals surface area contributed by atoms with E-state index in [0.29, 0.717) is 31.3 Å². The summed E-state index contributed by atoms with van der Waals surface area (Å²) >= 11 is 1.29. The van der Waals surface area contributed by atoms with Gasteiger partial charge in [-0.2, -0.15) is 0 Å². The number of thiazole rings is 1. The van der Waals surface area contributed by atoms with Gasteiger partial charge in [-0.15, -0.1) is 11.3 Å². The fourth-order valence-electron chi connectivity index (χ4n) is 1.81. The summed E-state index contributed by atoms with van der Waals surface area (Å²) in [5, 5.41) is 11.0. The van der Waals surface area contributed by atoms with Crippen molar-refractivity contribution in [2.75, 3.05) is 37.7 Å². The number of ether oxygens (including phenoxy) is 1. The normalized spacial score (nSPS) is 15.0. The van der Waals surface area contributed by atoms with Crippen LogP contribution in [-0.4, -0.2) is 59.8 Å². The quantitative estimate of drug-likeness (QED) is 0.843. The molecule has 2 heterocycles. The highest BCUT2D eigenvalue weighted by Crippen LogP contribution is 2.22. The van der Waals surface area contributed by atoms with Crippen LogP contribution < -0.4 is 4.90 Å². The monoisotopic (exact) mass is 297 g/mol. The standard InChI is InChI=1S/C12H15N3O4S/c1-2-7-19-12(18)15-5-3-14(4-6-15)11-13-9(8-20-11)10(16)17/h2,8H,1,3-7H2,(H,16,17). The van der Waals surface area contributed by atoms with Crippen molar-refractivity contribution in [1.82, 2.24) is 9.88 Å². The second-order valence-corrected chi connectivity index (χ2v) is 5.00. The van der Waals surface area contributed by atoms with Gasteiger partial charge in [-0.1, -0.05) is 12.7 Å². The zero-order chi connectivity index (χ0) is 14.5. The minimum atomic E-state index is -1.03. The number of nitrogens with zero attached hydrogens (tertiary/aromatic N) is 3. The Hall–Kier alpha value is -2.09. The molecular weight excluding hydrogens is 282 g/mol. The molecule has 1 fully saturated rings. The van der Waals surface area contributed by atoms with Gasteiger partial charge in [0.1, 0.15) is 6.61 Å². The Labute approximate surface area is 120 Å². The van der Waals surface area contributed by atoms with Gasteiger partial charge in [-0.3, -0.25) is 0 Å². The summed E-state index contributed by atoms with van der Waals surface area (Å²) in [6, 6.07) is 0. The van der Waals surface area contributed by atoms with Crippen molar-refractivity contribution >= 4 is 28.5 Å². The zero-order valence-corrected chi connectivity index (χ0v) is 11.6. The lowest BCUT2D eigenvalue weighted by Gasteiger charge is -2.33. The average Bonchev–Trinajstić information content (AvgIpc) is 2.95. The first kappa shape index (κ1) is 14.3. The van der Waals surface area contributed by atoms with Crippen LogP contribution >= 0.6 is 11.3 Å². The summed E-state index contributed by atoms with van der Waals surface area (Å²) in [6.45, 7) is 5.95. The molecule has 1 aliphatic heterocycles. The van der Waals surface area contributed by atoms with Crippen LogP contribution in [0.15, 0.2) is 18.0 Å². The smallest absolute Gasteiger partial charge is 0.410 e. The molecule has 20 heavy (non-hydrogen) atoms. The number of piperazine rings is 1. The van der Waals surface area contributed by atoms with Gasteiger partial charge >= 0.3 is 12.1 Å². The molecule has 0 aromatic carbocycles. The number of anilines is 1. The van der Waals surface area contributed by atoms with Crippen molar-refractivity contribution in [2.45, 2.75) is 0 Å². The molecule has 0 unspecified atom stereocenters. The number of hydrogen-bond acceptors (Lipinski definition) is 6. The summed E-state index contributed by atoms with van der Waals surface area (Å²) in [4.78, 5) is 30.1. The number of amides is 1. The summed E-state index contributed by atoms with van der Waals surface area (Å²) in [7, 11) is 0. The Kier molecular flexibility index (Phi) is 4.57. The first-order valence-electron chi connectivity index (χ1n) is 6.08. The van der Waals surface area contributed by atoms with E-state index in [2.05, 4.69) is 11.6 Å². The molecule has 0 saturated carbocycles. The third-order valence-corrected chi connectivity index (χ3v) is 3.75. The van der Waals surface area contributed by atoms with Crippen LogP contribution in [0.2, 0.25) is 0 Å². The van der Waals surface area contributed by atoms with E-state index in [9.17, 15) is 9.59 Å². The molecule has 0 spiro atoms. The maximum Gasteiger partial charge on any atom is 0.410 e. The van der Waals surface area contributed by atoms with Crippen molar-refractivity contribution < 1.29 is 19.4 Å². The van der Waals surface area contributed by atoms with Gasteiger partial charge < -0.3 is 19.6 Å². The molecule has 1 aromatic heterocycles. The van der Waals surface area contributed by atoms with Gasteiger partial charge in [0.05, 0.1) is 0 Å². The molecule has 0 aliphatic carbocycles. The molecule has 2 rings (SSSR count). The van der Waals surface area contributed by atoms with Gasteiger partial charge in [0.15, 0.2) is 10.8 Å². The van der Waals surface area contributed by atoms with Crippen LogP contribution in [0.5, 0.6) is 0 Å². The highest BCUT2D eigenvalue weighted by atomic mass is 32.1. The zero-order valence-electron chi connectivity index (χ0n) is 10.8. The molecule has 1 N–H and O–H groups in total. The summed E-state index contributed by atoms with van der Waals surface area (Å²) < 4.78 is 4.97. The number of hydrogen-bond donors (Lipinski definition) is 1. The van der Waals surface area contributed by atoms with Crippen molar-refractivity contribution in [1.29, 1.82) is 0 Å². The van der Waals surface area contributed by atoms with Crippen LogP contribution in [0.25, 0.3) is 0 Å². The molecule has 1 aromatic rings. The largest absolute Gasteiger partial charge is 0.476 e. The van der Waals surface area contributed by atoms with Gasteiger partial charge in [0.25, 0.3) is 0 Å². The predicted octanol–water partition coefficient (Wildman–Crippen LogP) is 1.29. The Morgan fingerprint density at radius 2 is 2.15 bits per heavy atom. The first-order valence-corrected chi connectivity index (χ1v) is 6.96. The topological polar surface area (TPSA) is 83.0 Å². The minimum absolute atomic E-state index is 0.0535. The van der Waals surface area contributed by atoms with E-state index in [1.165, 1.54) is 22.8 Å². The predicted molar refractivity (Wildman–Crippen MR) is 74.4 cm³/mol. The molecule has 0 radical (unpaired) electrons. The van der Waals surface area contributed by atoms with E-state index >= 15 is 0 Å². The maximum absolute atomic E-state index is 11.6. The van der Waals surface area contributed by atoms with Crippen molar-refractivity contribution in [3.8, 4) is 0 Å². The lowest BCUT2D eigenvalue weighted by molar-refractivity contribution is 0.0691. The number of carbonyl (C=O) groups is 2. The van der Waals surface area contributed by atoms with Crippen molar-refractivity contribution in [3.05, 3.63) is 23.7 Å². The van der Waals surface area contributed by atoms with E-state index in [-0.39, 0.29) is 18.4 Å². The van der Waals surface area contributed by atoms with E-state index in [0.717, 1.165) is 0 Å². The van der Waals surface area contributed by atoms with Gasteiger partial charge in [-0.25, -0.2) is 14.6 Å². The summed E-state index contributed by atoms with van der Waals surface area (Å²) in [5.74, 6) is -1.03. The molecule has 7 nitrogen and oxygen atoms in total. The lowest BCUT2D eigenvalue weighted by Crippen LogP contribution is -2.49. The van der Waals surface area contributed by atoms with Crippen molar-refractivity contribution in [2.24, 2.45) is 0 Å². The molecule has 108 valence electrons. The number of carboxylic acid groups (broad SMARTS) is 1.